The number of halogens is 2. The van der Waals surface area contributed by atoms with Gasteiger partial charge >= 0.3 is 5.97 Å². The van der Waals surface area contributed by atoms with Crippen LogP contribution in [0.25, 0.3) is 5.65 Å². The lowest BCUT2D eigenvalue weighted by Crippen LogP contribution is -2.32. The van der Waals surface area contributed by atoms with Gasteiger partial charge in [-0.1, -0.05) is 18.7 Å². The molecule has 0 fully saturated rings. The molecule has 0 bridgehead atoms. The van der Waals surface area contributed by atoms with Gasteiger partial charge in [-0.25, -0.2) is 8.78 Å². The van der Waals surface area contributed by atoms with Gasteiger partial charge in [-0.05, 0) is 37.1 Å². The summed E-state index contributed by atoms with van der Waals surface area (Å²) < 4.78 is 33.8. The van der Waals surface area contributed by atoms with E-state index in [-0.39, 0.29) is 18.4 Å². The van der Waals surface area contributed by atoms with E-state index in [0.717, 1.165) is 23.2 Å². The maximum absolute atomic E-state index is 14.0. The Kier molecular flexibility index (Phi) is 7.79. The average Bonchev–Trinajstić information content (AvgIpc) is 3.17. The molecular weight excluding hydrogens is 438 g/mol. The number of fused-ring (bicyclic) bond motifs is 1. The van der Waals surface area contributed by atoms with Crippen LogP contribution in [0.3, 0.4) is 0 Å². The van der Waals surface area contributed by atoms with Gasteiger partial charge in [0, 0.05) is 48.5 Å². The van der Waals surface area contributed by atoms with Crippen molar-refractivity contribution in [3.63, 3.8) is 0 Å². The van der Waals surface area contributed by atoms with Gasteiger partial charge in [0.05, 0.1) is 0 Å². The first-order chi connectivity index (χ1) is 15.3. The van der Waals surface area contributed by atoms with Gasteiger partial charge < -0.3 is 9.64 Å². The summed E-state index contributed by atoms with van der Waals surface area (Å²) in [5, 5.41) is 8.55. The van der Waals surface area contributed by atoms with E-state index in [9.17, 15) is 18.4 Å². The minimum Gasteiger partial charge on any atom is -0.456 e. The van der Waals surface area contributed by atoms with Crippen molar-refractivity contribution in [2.75, 3.05) is 20.2 Å². The van der Waals surface area contributed by atoms with Crippen LogP contribution in [-0.2, 0) is 14.3 Å². The van der Waals surface area contributed by atoms with Crippen molar-refractivity contribution in [3.05, 3.63) is 54.0 Å². The molecule has 1 amide bonds. The van der Waals surface area contributed by atoms with Gasteiger partial charge in [-0.3, -0.25) is 14.0 Å². The fraction of sp³-hybridized carbons (Fsp3) is 0.364. The third-order valence-corrected chi connectivity index (χ3v) is 6.05. The zero-order valence-corrected chi connectivity index (χ0v) is 18.9. The van der Waals surface area contributed by atoms with Crippen molar-refractivity contribution in [1.29, 1.82) is 0 Å². The number of pyridine rings is 1. The Morgan fingerprint density at radius 1 is 1.22 bits per heavy atom. The Hall–Kier alpha value is -3.01. The molecule has 0 aliphatic heterocycles. The van der Waals surface area contributed by atoms with Gasteiger partial charge in [-0.15, -0.1) is 10.2 Å². The Morgan fingerprint density at radius 2 is 2.00 bits per heavy atom. The first-order valence-corrected chi connectivity index (χ1v) is 10.9. The second-order valence-electron chi connectivity index (χ2n) is 7.32. The van der Waals surface area contributed by atoms with Gasteiger partial charge in [0.2, 0.25) is 0 Å². The zero-order valence-electron chi connectivity index (χ0n) is 18.0. The lowest BCUT2D eigenvalue weighted by Gasteiger charge is -2.20. The average molecular weight is 463 g/mol. The van der Waals surface area contributed by atoms with Crippen molar-refractivity contribution in [3.8, 4) is 0 Å². The van der Waals surface area contributed by atoms with E-state index in [1.807, 2.05) is 23.6 Å². The van der Waals surface area contributed by atoms with Crippen molar-refractivity contribution in [2.24, 2.45) is 0 Å². The van der Waals surface area contributed by atoms with Crippen LogP contribution < -0.4 is 0 Å². The summed E-state index contributed by atoms with van der Waals surface area (Å²) in [7, 11) is 1.66. The first-order valence-electron chi connectivity index (χ1n) is 10.1. The zero-order chi connectivity index (χ0) is 23.3. The topological polar surface area (TPSA) is 76.8 Å². The standard InChI is InChI=1S/C22H24F2N4O3S/c1-4-15(9-10-27(3)21(30)13-31-14(2)29)22-26-25-20-8-6-17(12-28(20)22)32-19-7-5-16(23)11-18(19)24/h5-8,11-12,15H,4,9-10,13H2,1-3H3. The number of likely N-dealkylation sites (N-methyl/N-ethyl adjacent to an activating group) is 1. The Morgan fingerprint density at radius 3 is 2.69 bits per heavy atom. The number of carbonyl (C=O) groups is 2. The van der Waals surface area contributed by atoms with Crippen LogP contribution in [0.2, 0.25) is 0 Å². The number of benzene rings is 1. The molecule has 0 aliphatic rings. The molecule has 0 saturated heterocycles. The molecular formula is C22H24F2N4O3S. The number of nitrogens with zero attached hydrogens (tertiary/aromatic N) is 4. The minimum atomic E-state index is -0.620. The quantitative estimate of drug-likeness (QED) is 0.447. The summed E-state index contributed by atoms with van der Waals surface area (Å²) in [6, 6.07) is 7.09. The molecule has 10 heteroatoms. The molecule has 1 unspecified atom stereocenters. The third kappa shape index (κ3) is 5.82. The number of hydrogen-bond acceptors (Lipinski definition) is 6. The molecule has 0 aliphatic carbocycles. The summed E-state index contributed by atoms with van der Waals surface area (Å²) in [6.07, 6.45) is 3.25. The third-order valence-electron chi connectivity index (χ3n) is 5.02. The molecule has 3 aromatic rings. The molecule has 170 valence electrons. The Bertz CT molecular complexity index is 1120. The van der Waals surface area contributed by atoms with Crippen LogP contribution in [0.15, 0.2) is 46.3 Å². The summed E-state index contributed by atoms with van der Waals surface area (Å²) in [4.78, 5) is 25.6. The van der Waals surface area contributed by atoms with Crippen molar-refractivity contribution >= 4 is 29.3 Å². The molecule has 1 atom stereocenters. The number of esters is 1. The highest BCUT2D eigenvalue weighted by molar-refractivity contribution is 7.99. The van der Waals surface area contributed by atoms with Crippen molar-refractivity contribution in [1.82, 2.24) is 19.5 Å². The highest BCUT2D eigenvalue weighted by atomic mass is 32.2. The van der Waals surface area contributed by atoms with E-state index in [1.165, 1.54) is 35.7 Å². The number of ether oxygens (including phenoxy) is 1. The second kappa shape index (κ2) is 10.5. The largest absolute Gasteiger partial charge is 0.456 e. The van der Waals surface area contributed by atoms with Gasteiger partial charge in [0.15, 0.2) is 12.3 Å². The van der Waals surface area contributed by atoms with E-state index >= 15 is 0 Å². The molecule has 0 spiro atoms. The second-order valence-corrected chi connectivity index (χ2v) is 8.43. The van der Waals surface area contributed by atoms with Crippen LogP contribution >= 0.6 is 11.8 Å². The number of hydrogen-bond donors (Lipinski definition) is 0. The Labute approximate surface area is 188 Å². The molecule has 0 saturated carbocycles. The molecule has 0 radical (unpaired) electrons. The van der Waals surface area contributed by atoms with E-state index in [1.54, 1.807) is 13.1 Å². The molecule has 2 aromatic heterocycles. The highest BCUT2D eigenvalue weighted by Crippen LogP contribution is 2.31. The minimum absolute atomic E-state index is 0.0248. The molecule has 1 aromatic carbocycles. The number of carbonyl (C=O) groups excluding carboxylic acids is 2. The summed E-state index contributed by atoms with van der Waals surface area (Å²) in [6.45, 7) is 3.46. The lowest BCUT2D eigenvalue weighted by atomic mass is 10.0. The lowest BCUT2D eigenvalue weighted by molar-refractivity contribution is -0.149. The SMILES string of the molecule is CCC(CCN(C)C(=O)COC(C)=O)c1nnc2ccc(Sc3ccc(F)cc3F)cn12. The van der Waals surface area contributed by atoms with Gasteiger partial charge in [0.1, 0.15) is 17.5 Å². The van der Waals surface area contributed by atoms with E-state index in [4.69, 9.17) is 4.74 Å². The van der Waals surface area contributed by atoms with E-state index in [0.29, 0.717) is 23.5 Å². The van der Waals surface area contributed by atoms with Crippen molar-refractivity contribution < 1.29 is 23.1 Å². The molecule has 7 nitrogen and oxygen atoms in total. The van der Waals surface area contributed by atoms with Crippen molar-refractivity contribution in [2.45, 2.75) is 42.4 Å². The van der Waals surface area contributed by atoms with Gasteiger partial charge in [-0.2, -0.15) is 0 Å². The van der Waals surface area contributed by atoms with Crippen LogP contribution in [0.5, 0.6) is 0 Å². The summed E-state index contributed by atoms with van der Waals surface area (Å²) in [5.41, 5.74) is 0.654. The molecule has 0 N–H and O–H groups in total. The maximum atomic E-state index is 14.0. The normalized spacial score (nSPS) is 12.0. The van der Waals surface area contributed by atoms with E-state index in [2.05, 4.69) is 10.2 Å². The summed E-state index contributed by atoms with van der Waals surface area (Å²) in [5.74, 6) is -1.25. The monoisotopic (exact) mass is 462 g/mol. The fourth-order valence-electron chi connectivity index (χ4n) is 3.18. The number of amides is 1. The van der Waals surface area contributed by atoms with Crippen LogP contribution in [-0.4, -0.2) is 51.6 Å². The number of aromatic nitrogens is 3. The fourth-order valence-corrected chi connectivity index (χ4v) is 4.02. The summed E-state index contributed by atoms with van der Waals surface area (Å²) >= 11 is 1.19. The van der Waals surface area contributed by atoms with Crippen LogP contribution in [0, 0.1) is 11.6 Å². The first kappa shape index (κ1) is 23.6. The predicted molar refractivity (Wildman–Crippen MR) is 115 cm³/mol. The van der Waals surface area contributed by atoms with Crippen LogP contribution in [0.4, 0.5) is 8.78 Å². The molecule has 3 rings (SSSR count). The Balaban J connectivity index is 1.74. The van der Waals surface area contributed by atoms with Gasteiger partial charge in [0.25, 0.3) is 5.91 Å². The smallest absolute Gasteiger partial charge is 0.303 e. The molecule has 32 heavy (non-hydrogen) atoms. The predicted octanol–water partition coefficient (Wildman–Crippen LogP) is 4.06. The van der Waals surface area contributed by atoms with Crippen LogP contribution in [0.1, 0.15) is 38.4 Å². The number of rotatable bonds is 9. The maximum Gasteiger partial charge on any atom is 0.303 e. The molecule has 2 heterocycles. The highest BCUT2D eigenvalue weighted by Gasteiger charge is 2.19. The van der Waals surface area contributed by atoms with E-state index < -0.39 is 17.6 Å².